The number of anilines is 2. The van der Waals surface area contributed by atoms with Crippen LogP contribution in [0.5, 0.6) is 0 Å². The normalized spacial score (nSPS) is 11.8. The lowest BCUT2D eigenvalue weighted by Gasteiger charge is -2.03. The van der Waals surface area contributed by atoms with Crippen molar-refractivity contribution >= 4 is 45.5 Å². The smallest absolute Gasteiger partial charge is 0.271 e. The van der Waals surface area contributed by atoms with Gasteiger partial charge in [-0.1, -0.05) is 0 Å². The largest absolute Gasteiger partial charge is 0.301 e. The van der Waals surface area contributed by atoms with Gasteiger partial charge in [0.25, 0.3) is 11.4 Å². The fraction of sp³-hybridized carbons (Fsp3) is 0.111. The minimum absolute atomic E-state index is 0.0547. The highest BCUT2D eigenvalue weighted by Crippen LogP contribution is 2.30. The Morgan fingerprint density at radius 2 is 1.03 bits per heavy atom. The minimum Gasteiger partial charge on any atom is -0.271 e. The summed E-state index contributed by atoms with van der Waals surface area (Å²) < 4.78 is 0. The van der Waals surface area contributed by atoms with Crippen LogP contribution in [-0.4, -0.2) is 31.1 Å². The van der Waals surface area contributed by atoms with E-state index >= 15 is 0 Å². The molecule has 0 aromatic heterocycles. The van der Waals surface area contributed by atoms with E-state index in [1.807, 2.05) is 0 Å². The third kappa shape index (κ3) is 6.61. The van der Waals surface area contributed by atoms with E-state index in [0.29, 0.717) is 11.4 Å². The van der Waals surface area contributed by atoms with Crippen molar-refractivity contribution in [2.45, 2.75) is 13.8 Å². The van der Waals surface area contributed by atoms with Gasteiger partial charge in [-0.15, -0.1) is 0 Å². The van der Waals surface area contributed by atoms with Crippen LogP contribution < -0.4 is 10.9 Å². The zero-order valence-corrected chi connectivity index (χ0v) is 17.6. The molecule has 0 heterocycles. The second-order valence-corrected chi connectivity index (χ2v) is 6.49. The first kappa shape index (κ1) is 25.0. The van der Waals surface area contributed by atoms with Crippen molar-refractivity contribution < 1.29 is 19.7 Å². The Bertz CT molecular complexity index is 1160. The number of nitrogens with zero attached hydrogens (tertiary/aromatic N) is 6. The molecule has 2 aromatic rings. The molecular formula is C18H16N8O8. The van der Waals surface area contributed by atoms with Crippen LogP contribution in [0.25, 0.3) is 0 Å². The molecule has 0 fully saturated rings. The summed E-state index contributed by atoms with van der Waals surface area (Å²) in [4.78, 5) is 40.8. The second-order valence-electron chi connectivity index (χ2n) is 6.49. The molecule has 34 heavy (non-hydrogen) atoms. The molecule has 2 aromatic carbocycles. The molecule has 0 aliphatic rings. The van der Waals surface area contributed by atoms with Crippen molar-refractivity contribution in [1.82, 2.24) is 0 Å². The topological polar surface area (TPSA) is 221 Å². The third-order valence-electron chi connectivity index (χ3n) is 4.05. The van der Waals surface area contributed by atoms with Crippen LogP contribution in [0.15, 0.2) is 58.8 Å². The van der Waals surface area contributed by atoms with Crippen molar-refractivity contribution in [2.75, 3.05) is 10.9 Å². The van der Waals surface area contributed by atoms with E-state index in [0.717, 1.165) is 36.4 Å². The minimum atomic E-state index is -0.782. The highest BCUT2D eigenvalue weighted by atomic mass is 16.6. The van der Waals surface area contributed by atoms with Gasteiger partial charge in [-0.25, -0.2) is 0 Å². The molecule has 0 spiro atoms. The Hall–Kier alpha value is -5.28. The van der Waals surface area contributed by atoms with Gasteiger partial charge in [0, 0.05) is 12.1 Å². The van der Waals surface area contributed by atoms with E-state index in [2.05, 4.69) is 21.1 Å². The van der Waals surface area contributed by atoms with Crippen LogP contribution in [0, 0.1) is 40.5 Å². The molecular weight excluding hydrogens is 456 g/mol. The highest BCUT2D eigenvalue weighted by Gasteiger charge is 2.20. The van der Waals surface area contributed by atoms with Crippen LogP contribution >= 0.6 is 0 Å². The number of benzene rings is 2. The van der Waals surface area contributed by atoms with Gasteiger partial charge in [0.15, 0.2) is 0 Å². The fourth-order valence-electron chi connectivity index (χ4n) is 2.37. The molecule has 0 saturated heterocycles. The molecule has 16 nitrogen and oxygen atoms in total. The van der Waals surface area contributed by atoms with Crippen LogP contribution in [0.1, 0.15) is 13.8 Å². The standard InChI is InChI=1S/C18H16N8O8/c1-11(19-21-15-7-5-13(23(27)28)9-17(15)25(31)32)3-4-12(2)20-22-16-8-6-14(24(29)30)10-18(16)26(33)34/h3-10,21-22H,1-2H3. The van der Waals surface area contributed by atoms with Crippen LogP contribution in [0.2, 0.25) is 0 Å². The lowest BCUT2D eigenvalue weighted by Crippen LogP contribution is -2.01. The van der Waals surface area contributed by atoms with Crippen molar-refractivity contribution in [3.8, 4) is 0 Å². The zero-order chi connectivity index (χ0) is 25.4. The Morgan fingerprint density at radius 1 is 0.676 bits per heavy atom. The molecule has 2 rings (SSSR count). The Labute approximate surface area is 189 Å². The number of nitro benzene ring substituents is 4. The predicted molar refractivity (Wildman–Crippen MR) is 122 cm³/mol. The fourth-order valence-corrected chi connectivity index (χ4v) is 2.37. The summed E-state index contributed by atoms with van der Waals surface area (Å²) in [6.07, 6.45) is 2.96. The van der Waals surface area contributed by atoms with E-state index in [1.54, 1.807) is 13.8 Å². The van der Waals surface area contributed by atoms with E-state index in [9.17, 15) is 40.5 Å². The maximum absolute atomic E-state index is 11.1. The third-order valence-corrected chi connectivity index (χ3v) is 4.05. The molecule has 0 saturated carbocycles. The number of hydrazone groups is 2. The first-order valence-corrected chi connectivity index (χ1v) is 9.14. The van der Waals surface area contributed by atoms with Gasteiger partial charge >= 0.3 is 11.4 Å². The SMILES string of the molecule is CC(C=CC(C)=NNc1ccc([N+](=O)[O-])cc1[N+](=O)[O-])=NNc1ccc([N+](=O)[O-])cc1[N+](=O)[O-]. The van der Waals surface area contributed by atoms with Crippen LogP contribution in [-0.2, 0) is 0 Å². The van der Waals surface area contributed by atoms with Crippen molar-refractivity contribution in [3.05, 3.63) is 89.0 Å². The first-order valence-electron chi connectivity index (χ1n) is 9.14. The summed E-state index contributed by atoms with van der Waals surface area (Å²) in [5, 5.41) is 51.8. The summed E-state index contributed by atoms with van der Waals surface area (Å²) in [5.41, 5.74) is 3.59. The van der Waals surface area contributed by atoms with E-state index in [-0.39, 0.29) is 11.4 Å². The Morgan fingerprint density at radius 3 is 1.32 bits per heavy atom. The van der Waals surface area contributed by atoms with E-state index in [4.69, 9.17) is 0 Å². The summed E-state index contributed by atoms with van der Waals surface area (Å²) in [6, 6.07) is 6.12. The summed E-state index contributed by atoms with van der Waals surface area (Å²) in [7, 11) is 0. The maximum atomic E-state index is 11.1. The summed E-state index contributed by atoms with van der Waals surface area (Å²) in [5.74, 6) is 0. The van der Waals surface area contributed by atoms with E-state index < -0.39 is 42.4 Å². The number of hydrogen-bond donors (Lipinski definition) is 2. The maximum Gasteiger partial charge on any atom is 0.301 e. The first-order chi connectivity index (χ1) is 16.0. The molecule has 0 aliphatic heterocycles. The van der Waals surface area contributed by atoms with Gasteiger partial charge < -0.3 is 0 Å². The predicted octanol–water partition coefficient (Wildman–Crippen LogP) is 4.15. The van der Waals surface area contributed by atoms with Crippen LogP contribution in [0.4, 0.5) is 34.1 Å². The van der Waals surface area contributed by atoms with Gasteiger partial charge in [-0.2, -0.15) is 10.2 Å². The van der Waals surface area contributed by atoms with Crippen molar-refractivity contribution in [3.63, 3.8) is 0 Å². The number of non-ortho nitro benzene ring substituents is 2. The van der Waals surface area contributed by atoms with E-state index in [1.165, 1.54) is 12.2 Å². The summed E-state index contributed by atoms with van der Waals surface area (Å²) >= 11 is 0. The molecule has 0 unspecified atom stereocenters. The highest BCUT2D eigenvalue weighted by molar-refractivity contribution is 6.02. The molecule has 0 bridgehead atoms. The van der Waals surface area contributed by atoms with Gasteiger partial charge in [0.05, 0.1) is 43.2 Å². The zero-order valence-electron chi connectivity index (χ0n) is 17.6. The molecule has 0 radical (unpaired) electrons. The Kier molecular flexibility index (Phi) is 7.97. The molecule has 0 atom stereocenters. The number of rotatable bonds is 10. The number of nitrogens with one attached hydrogen (secondary N) is 2. The van der Waals surface area contributed by atoms with Crippen molar-refractivity contribution in [2.24, 2.45) is 10.2 Å². The average molecular weight is 472 g/mol. The van der Waals surface area contributed by atoms with Gasteiger partial charge in [-0.05, 0) is 38.1 Å². The number of hydrogen-bond acceptors (Lipinski definition) is 12. The summed E-state index contributed by atoms with van der Waals surface area (Å²) in [6.45, 7) is 3.12. The van der Waals surface area contributed by atoms with Gasteiger partial charge in [0.2, 0.25) is 0 Å². The monoisotopic (exact) mass is 472 g/mol. The quantitative estimate of drug-likeness (QED) is 0.285. The molecule has 2 N–H and O–H groups in total. The van der Waals surface area contributed by atoms with Gasteiger partial charge in [0.1, 0.15) is 11.4 Å². The number of allylic oxidation sites excluding steroid dienone is 2. The molecule has 0 amide bonds. The second kappa shape index (κ2) is 10.8. The Balaban J connectivity index is 2.12. The lowest BCUT2D eigenvalue weighted by atomic mass is 10.2. The average Bonchev–Trinajstić information content (AvgIpc) is 2.79. The molecule has 176 valence electrons. The van der Waals surface area contributed by atoms with Crippen LogP contribution in [0.3, 0.4) is 0 Å². The molecule has 16 heteroatoms. The van der Waals surface area contributed by atoms with Gasteiger partial charge in [-0.3, -0.25) is 51.3 Å². The molecule has 0 aliphatic carbocycles. The number of nitro groups is 4. The van der Waals surface area contributed by atoms with Crippen molar-refractivity contribution in [1.29, 1.82) is 0 Å². The lowest BCUT2D eigenvalue weighted by molar-refractivity contribution is -0.393.